The fourth-order valence-corrected chi connectivity index (χ4v) is 2.29. The maximum atomic E-state index is 11.8. The van der Waals surface area contributed by atoms with Gasteiger partial charge in [-0.25, -0.2) is 4.98 Å². The minimum Gasteiger partial charge on any atom is -0.349 e. The molecule has 1 amide bonds. The zero-order chi connectivity index (χ0) is 13.0. The number of nitrogens with one attached hydrogen (secondary N) is 1. The number of aryl methyl sites for hydroxylation is 1. The predicted octanol–water partition coefficient (Wildman–Crippen LogP) is 2.27. The van der Waals surface area contributed by atoms with Crippen LogP contribution < -0.4 is 5.32 Å². The van der Waals surface area contributed by atoms with Crippen molar-refractivity contribution in [1.29, 1.82) is 0 Å². The highest BCUT2D eigenvalue weighted by molar-refractivity contribution is 7.09. The van der Waals surface area contributed by atoms with Crippen molar-refractivity contribution in [3.63, 3.8) is 0 Å². The topological polar surface area (TPSA) is 54.9 Å². The molecule has 2 aromatic rings. The predicted molar refractivity (Wildman–Crippen MR) is 71.3 cm³/mol. The van der Waals surface area contributed by atoms with Crippen molar-refractivity contribution in [2.75, 3.05) is 0 Å². The van der Waals surface area contributed by atoms with E-state index in [1.807, 2.05) is 31.4 Å². The molecule has 2 heterocycles. The number of aromatic nitrogens is 2. The second kappa shape index (κ2) is 5.73. The highest BCUT2D eigenvalue weighted by Gasteiger charge is 2.11. The highest BCUT2D eigenvalue weighted by Crippen LogP contribution is 2.12. The van der Waals surface area contributed by atoms with Crippen LogP contribution in [0.2, 0.25) is 0 Å². The van der Waals surface area contributed by atoms with Crippen molar-refractivity contribution in [3.8, 4) is 0 Å². The van der Waals surface area contributed by atoms with E-state index in [0.29, 0.717) is 6.42 Å². The summed E-state index contributed by atoms with van der Waals surface area (Å²) in [4.78, 5) is 20.1. The molecule has 0 fully saturated rings. The third-order valence-electron chi connectivity index (χ3n) is 2.59. The number of thiazole rings is 1. The van der Waals surface area contributed by atoms with Crippen LogP contribution in [0.5, 0.6) is 0 Å². The minimum atomic E-state index is -0.0137. The summed E-state index contributed by atoms with van der Waals surface area (Å²) >= 11 is 1.56. The quantitative estimate of drug-likeness (QED) is 0.918. The van der Waals surface area contributed by atoms with Crippen molar-refractivity contribution in [2.45, 2.75) is 26.3 Å². The first-order valence-corrected chi connectivity index (χ1v) is 6.63. The molecule has 0 aliphatic heterocycles. The number of pyridine rings is 1. The molecule has 2 rings (SSSR count). The van der Waals surface area contributed by atoms with Crippen molar-refractivity contribution in [1.82, 2.24) is 15.3 Å². The fourth-order valence-electron chi connectivity index (χ4n) is 1.68. The molecule has 0 radical (unpaired) electrons. The molecule has 1 unspecified atom stereocenters. The van der Waals surface area contributed by atoms with Crippen LogP contribution in [-0.4, -0.2) is 15.9 Å². The molecular weight excluding hydrogens is 246 g/mol. The molecule has 18 heavy (non-hydrogen) atoms. The summed E-state index contributed by atoms with van der Waals surface area (Å²) in [6.45, 7) is 3.89. The molecular formula is C13H15N3OS. The van der Waals surface area contributed by atoms with E-state index in [9.17, 15) is 4.79 Å². The van der Waals surface area contributed by atoms with E-state index >= 15 is 0 Å². The van der Waals surface area contributed by atoms with Gasteiger partial charge in [0, 0.05) is 17.8 Å². The summed E-state index contributed by atoms with van der Waals surface area (Å²) in [6.07, 6.45) is 3.78. The average Bonchev–Trinajstić information content (AvgIpc) is 2.75. The van der Waals surface area contributed by atoms with E-state index in [-0.39, 0.29) is 11.9 Å². The third-order valence-corrected chi connectivity index (χ3v) is 3.41. The number of carbonyl (C=O) groups excluding carboxylic acids is 1. The van der Waals surface area contributed by atoms with E-state index in [4.69, 9.17) is 0 Å². The molecule has 0 saturated heterocycles. The summed E-state index contributed by atoms with van der Waals surface area (Å²) < 4.78 is 0. The molecule has 2 aromatic heterocycles. The maximum absolute atomic E-state index is 11.8. The molecule has 0 spiro atoms. The first-order chi connectivity index (χ1) is 8.65. The maximum Gasteiger partial charge on any atom is 0.226 e. The van der Waals surface area contributed by atoms with Crippen molar-refractivity contribution in [2.24, 2.45) is 0 Å². The first kappa shape index (κ1) is 12.7. The third kappa shape index (κ3) is 3.37. The zero-order valence-electron chi connectivity index (χ0n) is 10.4. The molecule has 0 aromatic carbocycles. The standard InChI is InChI=1S/C13H15N3OS/c1-9(11-3-5-14-6-4-11)15-13(17)7-12-8-18-10(2)16-12/h3-6,8-9H,7H2,1-2H3,(H,15,17). The summed E-state index contributed by atoms with van der Waals surface area (Å²) in [7, 11) is 0. The van der Waals surface area contributed by atoms with Crippen LogP contribution in [0, 0.1) is 6.92 Å². The smallest absolute Gasteiger partial charge is 0.226 e. The summed E-state index contributed by atoms with van der Waals surface area (Å²) in [5.41, 5.74) is 1.88. The van der Waals surface area contributed by atoms with Crippen LogP contribution in [0.25, 0.3) is 0 Å². The number of hydrogen-bond acceptors (Lipinski definition) is 4. The van der Waals surface area contributed by atoms with Crippen molar-refractivity contribution >= 4 is 17.2 Å². The van der Waals surface area contributed by atoms with Gasteiger partial charge in [-0.3, -0.25) is 9.78 Å². The fraction of sp³-hybridized carbons (Fsp3) is 0.308. The van der Waals surface area contributed by atoms with Gasteiger partial charge < -0.3 is 5.32 Å². The average molecular weight is 261 g/mol. The molecule has 4 nitrogen and oxygen atoms in total. The molecule has 5 heteroatoms. The van der Waals surface area contributed by atoms with E-state index in [1.165, 1.54) is 0 Å². The lowest BCUT2D eigenvalue weighted by Gasteiger charge is -2.13. The van der Waals surface area contributed by atoms with Gasteiger partial charge in [0.25, 0.3) is 0 Å². The summed E-state index contributed by atoms with van der Waals surface area (Å²) in [6, 6.07) is 3.79. The highest BCUT2D eigenvalue weighted by atomic mass is 32.1. The Morgan fingerprint density at radius 3 is 2.78 bits per heavy atom. The molecule has 94 valence electrons. The molecule has 0 saturated carbocycles. The first-order valence-electron chi connectivity index (χ1n) is 5.75. The Kier molecular flexibility index (Phi) is 4.04. The van der Waals surface area contributed by atoms with Crippen LogP contribution in [-0.2, 0) is 11.2 Å². The SMILES string of the molecule is Cc1nc(CC(=O)NC(C)c2ccncc2)cs1. The number of nitrogens with zero attached hydrogens (tertiary/aromatic N) is 2. The summed E-state index contributed by atoms with van der Waals surface area (Å²) in [5, 5.41) is 5.86. The van der Waals surface area contributed by atoms with Crippen LogP contribution >= 0.6 is 11.3 Å². The molecule has 0 aliphatic rings. The number of carbonyl (C=O) groups is 1. The number of rotatable bonds is 4. The van der Waals surface area contributed by atoms with Gasteiger partial charge in [-0.1, -0.05) is 0 Å². The summed E-state index contributed by atoms with van der Waals surface area (Å²) in [5.74, 6) is -0.00962. The van der Waals surface area contributed by atoms with Gasteiger partial charge in [-0.05, 0) is 31.5 Å². The largest absolute Gasteiger partial charge is 0.349 e. The van der Waals surface area contributed by atoms with Gasteiger partial charge in [0.1, 0.15) is 0 Å². The van der Waals surface area contributed by atoms with Gasteiger partial charge in [-0.15, -0.1) is 11.3 Å². The van der Waals surface area contributed by atoms with Gasteiger partial charge in [0.2, 0.25) is 5.91 Å². The van der Waals surface area contributed by atoms with Crippen molar-refractivity contribution < 1.29 is 4.79 Å². The van der Waals surface area contributed by atoms with Crippen LogP contribution in [0.4, 0.5) is 0 Å². The Labute approximate surface area is 110 Å². The van der Waals surface area contributed by atoms with Crippen molar-refractivity contribution in [3.05, 3.63) is 46.2 Å². The Balaban J connectivity index is 1.92. The Morgan fingerprint density at radius 2 is 2.17 bits per heavy atom. The molecule has 1 N–H and O–H groups in total. The second-order valence-electron chi connectivity index (χ2n) is 4.10. The van der Waals surface area contributed by atoms with Gasteiger partial charge in [0.05, 0.1) is 23.2 Å². The Hall–Kier alpha value is -1.75. The van der Waals surface area contributed by atoms with Gasteiger partial charge in [-0.2, -0.15) is 0 Å². The van der Waals surface area contributed by atoms with Gasteiger partial charge >= 0.3 is 0 Å². The number of amides is 1. The monoisotopic (exact) mass is 261 g/mol. The van der Waals surface area contributed by atoms with E-state index in [2.05, 4.69) is 15.3 Å². The van der Waals surface area contributed by atoms with E-state index in [1.54, 1.807) is 23.7 Å². The number of hydrogen-bond donors (Lipinski definition) is 1. The normalized spacial score (nSPS) is 12.1. The lowest BCUT2D eigenvalue weighted by molar-refractivity contribution is -0.121. The van der Waals surface area contributed by atoms with Crippen LogP contribution in [0.15, 0.2) is 29.9 Å². The molecule has 0 bridgehead atoms. The van der Waals surface area contributed by atoms with Crippen LogP contribution in [0.3, 0.4) is 0 Å². The molecule has 1 atom stereocenters. The Morgan fingerprint density at radius 1 is 1.44 bits per heavy atom. The van der Waals surface area contributed by atoms with Gasteiger partial charge in [0.15, 0.2) is 0 Å². The lowest BCUT2D eigenvalue weighted by atomic mass is 10.1. The van der Waals surface area contributed by atoms with Crippen LogP contribution in [0.1, 0.15) is 29.2 Å². The zero-order valence-corrected chi connectivity index (χ0v) is 11.2. The van der Waals surface area contributed by atoms with E-state index < -0.39 is 0 Å². The minimum absolute atomic E-state index is 0.00962. The van der Waals surface area contributed by atoms with E-state index in [0.717, 1.165) is 16.3 Å². The molecule has 0 aliphatic carbocycles. The Bertz CT molecular complexity index is 524. The second-order valence-corrected chi connectivity index (χ2v) is 5.17. The lowest BCUT2D eigenvalue weighted by Crippen LogP contribution is -2.28.